The molecule has 0 saturated carbocycles. The van der Waals surface area contributed by atoms with Crippen molar-refractivity contribution in [2.45, 2.75) is 49.8 Å². The SMILES string of the molecule is CC(C)(C)OC(=O)[C@H]1N[C@H](c2ccc3[nH]ccc3c2)[C@]2(C(=O)Nc3ccccc32)[C@@H]1c1cccs1. The van der Waals surface area contributed by atoms with Gasteiger partial charge in [0.15, 0.2) is 0 Å². The summed E-state index contributed by atoms with van der Waals surface area (Å²) in [5.74, 6) is -0.888. The molecule has 3 N–H and O–H groups in total. The van der Waals surface area contributed by atoms with Crippen molar-refractivity contribution in [3.05, 3.63) is 88.2 Å². The van der Waals surface area contributed by atoms with Crippen molar-refractivity contribution in [1.82, 2.24) is 10.3 Å². The second-order valence-electron chi connectivity index (χ2n) is 10.3. The van der Waals surface area contributed by atoms with E-state index in [1.807, 2.05) is 86.9 Å². The van der Waals surface area contributed by atoms with Crippen LogP contribution in [0.5, 0.6) is 0 Å². The van der Waals surface area contributed by atoms with Crippen molar-refractivity contribution < 1.29 is 14.3 Å². The van der Waals surface area contributed by atoms with E-state index in [9.17, 15) is 9.59 Å². The third-order valence-electron chi connectivity index (χ3n) is 7.04. The first-order chi connectivity index (χ1) is 16.8. The quantitative estimate of drug-likeness (QED) is 0.346. The molecule has 1 fully saturated rings. The molecule has 35 heavy (non-hydrogen) atoms. The molecule has 6 rings (SSSR count). The minimum Gasteiger partial charge on any atom is -0.459 e. The Morgan fingerprint density at radius 1 is 1.06 bits per heavy atom. The van der Waals surface area contributed by atoms with Gasteiger partial charge in [-0.2, -0.15) is 0 Å². The first-order valence-corrected chi connectivity index (χ1v) is 12.7. The van der Waals surface area contributed by atoms with E-state index in [2.05, 4.69) is 21.7 Å². The van der Waals surface area contributed by atoms with Crippen LogP contribution in [0.3, 0.4) is 0 Å². The van der Waals surface area contributed by atoms with E-state index in [0.29, 0.717) is 0 Å². The molecule has 4 heterocycles. The van der Waals surface area contributed by atoms with Crippen molar-refractivity contribution in [1.29, 1.82) is 0 Å². The van der Waals surface area contributed by atoms with Crippen LogP contribution in [0.2, 0.25) is 0 Å². The van der Waals surface area contributed by atoms with Gasteiger partial charge < -0.3 is 15.0 Å². The van der Waals surface area contributed by atoms with Crippen LogP contribution < -0.4 is 10.6 Å². The van der Waals surface area contributed by atoms with Gasteiger partial charge in [-0.15, -0.1) is 11.3 Å². The summed E-state index contributed by atoms with van der Waals surface area (Å²) in [5, 5.41) is 9.77. The number of benzene rings is 2. The molecule has 4 atom stereocenters. The van der Waals surface area contributed by atoms with Gasteiger partial charge in [0.25, 0.3) is 0 Å². The minimum absolute atomic E-state index is 0.102. The number of carbonyl (C=O) groups excluding carboxylic acids is 2. The fourth-order valence-corrected chi connectivity index (χ4v) is 6.72. The van der Waals surface area contributed by atoms with Gasteiger partial charge in [0.2, 0.25) is 5.91 Å². The molecule has 2 aromatic carbocycles. The van der Waals surface area contributed by atoms with E-state index in [4.69, 9.17) is 4.74 Å². The molecule has 178 valence electrons. The lowest BCUT2D eigenvalue weighted by Gasteiger charge is -2.35. The third-order valence-corrected chi connectivity index (χ3v) is 8.00. The summed E-state index contributed by atoms with van der Waals surface area (Å²) in [6.45, 7) is 5.60. The smallest absolute Gasteiger partial charge is 0.324 e. The van der Waals surface area contributed by atoms with Gasteiger partial charge in [0.1, 0.15) is 17.1 Å². The number of hydrogen-bond donors (Lipinski definition) is 3. The number of fused-ring (bicyclic) bond motifs is 3. The zero-order valence-corrected chi connectivity index (χ0v) is 20.6. The third kappa shape index (κ3) is 3.33. The number of anilines is 1. The Hall–Kier alpha value is -3.42. The highest BCUT2D eigenvalue weighted by Gasteiger charge is 2.66. The lowest BCUT2D eigenvalue weighted by atomic mass is 9.65. The summed E-state index contributed by atoms with van der Waals surface area (Å²) in [4.78, 5) is 32.0. The highest BCUT2D eigenvalue weighted by atomic mass is 32.1. The monoisotopic (exact) mass is 485 g/mol. The fourth-order valence-electron chi connectivity index (χ4n) is 5.78. The maximum Gasteiger partial charge on any atom is 0.324 e. The Bertz CT molecular complexity index is 1440. The Balaban J connectivity index is 1.60. The van der Waals surface area contributed by atoms with Crippen molar-refractivity contribution >= 4 is 39.8 Å². The summed E-state index contributed by atoms with van der Waals surface area (Å²) in [6.07, 6.45) is 1.90. The number of esters is 1. The summed E-state index contributed by atoms with van der Waals surface area (Å²) in [5.41, 5.74) is 2.00. The average molecular weight is 486 g/mol. The molecule has 2 aromatic heterocycles. The molecule has 1 spiro atoms. The van der Waals surface area contributed by atoms with Crippen LogP contribution in [-0.4, -0.2) is 28.5 Å². The molecule has 0 bridgehead atoms. The number of hydrogen-bond acceptors (Lipinski definition) is 5. The van der Waals surface area contributed by atoms with Crippen molar-refractivity contribution in [2.24, 2.45) is 0 Å². The number of aromatic amines is 1. The number of amides is 1. The average Bonchev–Trinajstić information content (AvgIpc) is 3.59. The molecule has 0 radical (unpaired) electrons. The zero-order valence-electron chi connectivity index (χ0n) is 19.8. The van der Waals surface area contributed by atoms with Crippen LogP contribution in [0.4, 0.5) is 5.69 Å². The Kier molecular flexibility index (Phi) is 4.92. The van der Waals surface area contributed by atoms with Crippen LogP contribution in [0, 0.1) is 0 Å². The molecule has 4 aromatic rings. The summed E-state index contributed by atoms with van der Waals surface area (Å²) >= 11 is 1.57. The Morgan fingerprint density at radius 2 is 1.89 bits per heavy atom. The van der Waals surface area contributed by atoms with Crippen LogP contribution in [-0.2, 0) is 19.7 Å². The Morgan fingerprint density at radius 3 is 2.66 bits per heavy atom. The summed E-state index contributed by atoms with van der Waals surface area (Å²) in [6, 6.07) is 18.9. The van der Waals surface area contributed by atoms with Gasteiger partial charge in [-0.05, 0) is 73.0 Å². The molecule has 2 aliphatic rings. The van der Waals surface area contributed by atoms with E-state index in [-0.39, 0.29) is 11.9 Å². The van der Waals surface area contributed by atoms with E-state index < -0.39 is 29.0 Å². The standard InChI is InChI=1S/C28H27N3O3S/c1-27(2,3)34-25(32)23-22(21-9-6-14-35-21)28(18-7-4-5-8-20(18)30-26(28)33)24(31-23)17-10-11-19-16(15-17)12-13-29-19/h4-15,22-24,29,31H,1-3H3,(H,30,33)/t22-,23+,24-,28-/m1/s1. The second kappa shape index (κ2) is 7.80. The number of H-pyrrole nitrogens is 1. The highest BCUT2D eigenvalue weighted by molar-refractivity contribution is 7.10. The molecule has 7 heteroatoms. The predicted molar refractivity (Wildman–Crippen MR) is 138 cm³/mol. The van der Waals surface area contributed by atoms with Crippen LogP contribution in [0.15, 0.2) is 72.2 Å². The maximum absolute atomic E-state index is 14.1. The highest BCUT2D eigenvalue weighted by Crippen LogP contribution is 2.60. The van der Waals surface area contributed by atoms with E-state index in [1.54, 1.807) is 11.3 Å². The van der Waals surface area contributed by atoms with E-state index in [0.717, 1.165) is 32.6 Å². The van der Waals surface area contributed by atoms with Crippen molar-refractivity contribution in [3.63, 3.8) is 0 Å². The lowest BCUT2D eigenvalue weighted by molar-refractivity contribution is -0.157. The molecule has 6 nitrogen and oxygen atoms in total. The van der Waals surface area contributed by atoms with E-state index in [1.165, 1.54) is 0 Å². The van der Waals surface area contributed by atoms with Crippen molar-refractivity contribution in [3.8, 4) is 0 Å². The first-order valence-electron chi connectivity index (χ1n) is 11.8. The van der Waals surface area contributed by atoms with Crippen LogP contribution in [0.1, 0.15) is 48.7 Å². The molecule has 0 aliphatic carbocycles. The molecule has 1 amide bonds. The number of thiophene rings is 1. The number of ether oxygens (including phenoxy) is 1. The fraction of sp³-hybridized carbons (Fsp3) is 0.286. The van der Waals surface area contributed by atoms with Crippen LogP contribution in [0.25, 0.3) is 10.9 Å². The predicted octanol–water partition coefficient (Wildman–Crippen LogP) is 5.26. The van der Waals surface area contributed by atoms with Gasteiger partial charge in [-0.1, -0.05) is 30.3 Å². The van der Waals surface area contributed by atoms with Gasteiger partial charge in [0.05, 0.1) is 6.04 Å². The molecular formula is C28H27N3O3S. The Labute approximate surface area is 207 Å². The van der Waals surface area contributed by atoms with Gasteiger partial charge in [-0.25, -0.2) is 0 Å². The summed E-state index contributed by atoms with van der Waals surface area (Å²) < 4.78 is 5.88. The number of carbonyl (C=O) groups is 2. The van der Waals surface area contributed by atoms with Crippen molar-refractivity contribution in [2.75, 3.05) is 5.32 Å². The maximum atomic E-state index is 14.1. The number of nitrogens with one attached hydrogen (secondary N) is 3. The second-order valence-corrected chi connectivity index (χ2v) is 11.3. The zero-order chi connectivity index (χ0) is 24.4. The molecule has 0 unspecified atom stereocenters. The number of aromatic nitrogens is 1. The van der Waals surface area contributed by atoms with Crippen LogP contribution >= 0.6 is 11.3 Å². The van der Waals surface area contributed by atoms with E-state index >= 15 is 0 Å². The number of rotatable bonds is 3. The largest absolute Gasteiger partial charge is 0.459 e. The van der Waals surface area contributed by atoms with Gasteiger partial charge in [-0.3, -0.25) is 14.9 Å². The molecule has 1 saturated heterocycles. The topological polar surface area (TPSA) is 83.2 Å². The van der Waals surface area contributed by atoms with Gasteiger partial charge >= 0.3 is 5.97 Å². The molecule has 2 aliphatic heterocycles. The molecular weight excluding hydrogens is 458 g/mol. The lowest BCUT2D eigenvalue weighted by Crippen LogP contribution is -2.44. The van der Waals surface area contributed by atoms with Gasteiger partial charge in [0, 0.05) is 28.2 Å². The minimum atomic E-state index is -1.02. The number of para-hydroxylation sites is 1. The summed E-state index contributed by atoms with van der Waals surface area (Å²) in [7, 11) is 0. The normalized spacial score (nSPS) is 25.7. The first kappa shape index (κ1) is 22.1.